The first-order chi connectivity index (χ1) is 11.1. The Morgan fingerprint density at radius 2 is 2.26 bits per heavy atom. The van der Waals surface area contributed by atoms with Crippen LogP contribution in [0.5, 0.6) is 5.75 Å². The molecule has 0 fully saturated rings. The van der Waals surface area contributed by atoms with E-state index >= 15 is 0 Å². The van der Waals surface area contributed by atoms with Crippen LogP contribution in [0.2, 0.25) is 0 Å². The van der Waals surface area contributed by atoms with E-state index in [0.717, 1.165) is 34.9 Å². The molecule has 1 N–H and O–H groups in total. The summed E-state index contributed by atoms with van der Waals surface area (Å²) in [6.45, 7) is 6.53. The van der Waals surface area contributed by atoms with Gasteiger partial charge in [0.05, 0.1) is 23.5 Å². The van der Waals surface area contributed by atoms with Gasteiger partial charge in [-0.1, -0.05) is 25.5 Å². The summed E-state index contributed by atoms with van der Waals surface area (Å²) in [6.07, 6.45) is 3.74. The van der Waals surface area contributed by atoms with Gasteiger partial charge >= 0.3 is 0 Å². The number of ether oxygens (including phenoxy) is 1. The standard InChI is InChI=1S/C17H21N3O2S/c1-4-5-9-22-15-8-6-7-14(10-15)11-18-20-17(21)16-12(2)19-13(3)23-16/h6-8,10-11H,4-5,9H2,1-3H3,(H,20,21)/b18-11+. The van der Waals surface area contributed by atoms with Gasteiger partial charge in [0.2, 0.25) is 0 Å². The summed E-state index contributed by atoms with van der Waals surface area (Å²) < 4.78 is 5.65. The van der Waals surface area contributed by atoms with Crippen molar-refractivity contribution in [3.05, 3.63) is 45.4 Å². The topological polar surface area (TPSA) is 63.6 Å². The average molecular weight is 331 g/mol. The number of aromatic nitrogens is 1. The summed E-state index contributed by atoms with van der Waals surface area (Å²) in [5.74, 6) is 0.572. The Hall–Kier alpha value is -2.21. The van der Waals surface area contributed by atoms with Gasteiger partial charge in [-0.3, -0.25) is 4.79 Å². The minimum atomic E-state index is -0.236. The second kappa shape index (κ2) is 8.43. The number of hydrogen-bond donors (Lipinski definition) is 1. The quantitative estimate of drug-likeness (QED) is 0.478. The third-order valence-electron chi connectivity index (χ3n) is 3.11. The van der Waals surface area contributed by atoms with Crippen LogP contribution in [0.3, 0.4) is 0 Å². The van der Waals surface area contributed by atoms with Gasteiger partial charge < -0.3 is 4.74 Å². The van der Waals surface area contributed by atoms with Crippen molar-refractivity contribution in [2.75, 3.05) is 6.61 Å². The Morgan fingerprint density at radius 1 is 1.43 bits per heavy atom. The molecule has 5 nitrogen and oxygen atoms in total. The number of hydrazone groups is 1. The molecule has 2 aromatic rings. The van der Waals surface area contributed by atoms with E-state index in [1.807, 2.05) is 38.1 Å². The Labute approximate surface area is 140 Å². The van der Waals surface area contributed by atoms with E-state index in [2.05, 4.69) is 22.4 Å². The molecule has 0 spiro atoms. The number of thiazole rings is 1. The average Bonchev–Trinajstić information content (AvgIpc) is 2.87. The molecule has 0 aliphatic carbocycles. The molecule has 0 bridgehead atoms. The van der Waals surface area contributed by atoms with Crippen LogP contribution in [0, 0.1) is 13.8 Å². The van der Waals surface area contributed by atoms with Crippen molar-refractivity contribution in [1.29, 1.82) is 0 Å². The van der Waals surface area contributed by atoms with Crippen molar-refractivity contribution < 1.29 is 9.53 Å². The fourth-order valence-electron chi connectivity index (χ4n) is 1.98. The van der Waals surface area contributed by atoms with Crippen LogP contribution in [0.15, 0.2) is 29.4 Å². The Balaban J connectivity index is 1.93. The summed E-state index contributed by atoms with van der Waals surface area (Å²) in [6, 6.07) is 7.62. The molecular formula is C17H21N3O2S. The predicted molar refractivity (Wildman–Crippen MR) is 93.5 cm³/mol. The molecular weight excluding hydrogens is 310 g/mol. The van der Waals surface area contributed by atoms with E-state index in [1.165, 1.54) is 11.3 Å². The van der Waals surface area contributed by atoms with Crippen molar-refractivity contribution in [3.63, 3.8) is 0 Å². The van der Waals surface area contributed by atoms with Gasteiger partial charge in [0.25, 0.3) is 5.91 Å². The smallest absolute Gasteiger partial charge is 0.283 e. The lowest BCUT2D eigenvalue weighted by Crippen LogP contribution is -2.17. The highest BCUT2D eigenvalue weighted by atomic mass is 32.1. The minimum Gasteiger partial charge on any atom is -0.494 e. The highest BCUT2D eigenvalue weighted by Crippen LogP contribution is 2.16. The van der Waals surface area contributed by atoms with Gasteiger partial charge in [-0.25, -0.2) is 10.4 Å². The zero-order valence-corrected chi connectivity index (χ0v) is 14.4. The first kappa shape index (κ1) is 17.1. The summed E-state index contributed by atoms with van der Waals surface area (Å²) in [5, 5.41) is 4.87. The lowest BCUT2D eigenvalue weighted by atomic mass is 10.2. The normalized spacial score (nSPS) is 10.9. The van der Waals surface area contributed by atoms with Gasteiger partial charge in [0, 0.05) is 0 Å². The van der Waals surface area contributed by atoms with Crippen LogP contribution < -0.4 is 10.2 Å². The van der Waals surface area contributed by atoms with E-state index in [4.69, 9.17) is 4.74 Å². The number of nitrogens with one attached hydrogen (secondary N) is 1. The van der Waals surface area contributed by atoms with Crippen LogP contribution in [-0.4, -0.2) is 23.7 Å². The maximum Gasteiger partial charge on any atom is 0.283 e. The first-order valence-corrected chi connectivity index (χ1v) is 8.42. The summed E-state index contributed by atoms with van der Waals surface area (Å²) in [7, 11) is 0. The number of benzene rings is 1. The summed E-state index contributed by atoms with van der Waals surface area (Å²) >= 11 is 1.37. The van der Waals surface area contributed by atoms with Gasteiger partial charge in [-0.2, -0.15) is 5.10 Å². The molecule has 1 amide bonds. The summed E-state index contributed by atoms with van der Waals surface area (Å²) in [5.41, 5.74) is 4.13. The van der Waals surface area contributed by atoms with Crippen LogP contribution in [-0.2, 0) is 0 Å². The van der Waals surface area contributed by atoms with E-state index < -0.39 is 0 Å². The molecule has 0 aliphatic heterocycles. The van der Waals surface area contributed by atoms with Gasteiger partial charge in [0.1, 0.15) is 10.6 Å². The molecule has 0 aliphatic rings. The highest BCUT2D eigenvalue weighted by Gasteiger charge is 2.12. The van der Waals surface area contributed by atoms with E-state index in [-0.39, 0.29) is 5.91 Å². The van der Waals surface area contributed by atoms with Crippen LogP contribution in [0.25, 0.3) is 0 Å². The van der Waals surface area contributed by atoms with Crippen molar-refractivity contribution in [2.24, 2.45) is 5.10 Å². The molecule has 0 saturated heterocycles. The van der Waals surface area contributed by atoms with E-state index in [1.54, 1.807) is 6.21 Å². The zero-order valence-electron chi connectivity index (χ0n) is 13.6. The van der Waals surface area contributed by atoms with Gasteiger partial charge in [-0.05, 0) is 38.0 Å². The first-order valence-electron chi connectivity index (χ1n) is 7.60. The third-order valence-corrected chi connectivity index (χ3v) is 4.19. The van der Waals surface area contributed by atoms with Crippen molar-refractivity contribution >= 4 is 23.5 Å². The molecule has 0 radical (unpaired) electrons. The fourth-order valence-corrected chi connectivity index (χ4v) is 2.79. The number of hydrogen-bond acceptors (Lipinski definition) is 5. The molecule has 122 valence electrons. The Bertz CT molecular complexity index is 695. The highest BCUT2D eigenvalue weighted by molar-refractivity contribution is 7.13. The molecule has 1 aromatic carbocycles. The number of amides is 1. The molecule has 6 heteroatoms. The number of rotatable bonds is 7. The number of aryl methyl sites for hydroxylation is 2. The maximum atomic E-state index is 12.0. The second-order valence-electron chi connectivity index (χ2n) is 5.12. The number of nitrogens with zero attached hydrogens (tertiary/aromatic N) is 2. The van der Waals surface area contributed by atoms with E-state index in [9.17, 15) is 4.79 Å². The Morgan fingerprint density at radius 3 is 2.96 bits per heavy atom. The number of carbonyl (C=O) groups is 1. The molecule has 1 aromatic heterocycles. The summed E-state index contributed by atoms with van der Waals surface area (Å²) in [4.78, 5) is 16.9. The SMILES string of the molecule is CCCCOc1cccc(/C=N/NC(=O)c2sc(C)nc2C)c1. The third kappa shape index (κ3) is 5.17. The van der Waals surface area contributed by atoms with Crippen molar-refractivity contribution in [2.45, 2.75) is 33.6 Å². The molecule has 0 saturated carbocycles. The molecule has 0 unspecified atom stereocenters. The lowest BCUT2D eigenvalue weighted by molar-refractivity contribution is 0.0958. The molecule has 23 heavy (non-hydrogen) atoms. The monoisotopic (exact) mass is 331 g/mol. The van der Waals surface area contributed by atoms with Crippen molar-refractivity contribution in [1.82, 2.24) is 10.4 Å². The fraction of sp³-hybridized carbons (Fsp3) is 0.353. The minimum absolute atomic E-state index is 0.236. The lowest BCUT2D eigenvalue weighted by Gasteiger charge is -2.05. The molecule has 0 atom stereocenters. The second-order valence-corrected chi connectivity index (χ2v) is 6.32. The van der Waals surface area contributed by atoms with E-state index in [0.29, 0.717) is 11.5 Å². The zero-order chi connectivity index (χ0) is 16.7. The van der Waals surface area contributed by atoms with Crippen LogP contribution in [0.1, 0.15) is 45.7 Å². The van der Waals surface area contributed by atoms with Gasteiger partial charge in [-0.15, -0.1) is 11.3 Å². The Kier molecular flexibility index (Phi) is 6.29. The molecule has 2 rings (SSSR count). The van der Waals surface area contributed by atoms with Crippen LogP contribution in [0.4, 0.5) is 0 Å². The number of carbonyl (C=O) groups excluding carboxylic acids is 1. The predicted octanol–water partition coefficient (Wildman–Crippen LogP) is 3.70. The number of unbranched alkanes of at least 4 members (excludes halogenated alkanes) is 1. The van der Waals surface area contributed by atoms with Crippen molar-refractivity contribution in [3.8, 4) is 5.75 Å². The molecule has 1 heterocycles. The van der Waals surface area contributed by atoms with Gasteiger partial charge in [0.15, 0.2) is 0 Å². The largest absolute Gasteiger partial charge is 0.494 e. The van der Waals surface area contributed by atoms with Crippen LogP contribution >= 0.6 is 11.3 Å². The maximum absolute atomic E-state index is 12.0.